The van der Waals surface area contributed by atoms with Gasteiger partial charge in [-0.05, 0) is 38.0 Å². The van der Waals surface area contributed by atoms with Crippen LogP contribution in [0.3, 0.4) is 0 Å². The first-order valence-electron chi connectivity index (χ1n) is 7.48. The minimum absolute atomic E-state index is 0.107. The molecule has 1 aliphatic carbocycles. The molecule has 0 radical (unpaired) electrons. The Morgan fingerprint density at radius 2 is 2.06 bits per heavy atom. The molecule has 0 aromatic heterocycles. The van der Waals surface area contributed by atoms with Gasteiger partial charge in [0.1, 0.15) is 5.92 Å². The van der Waals surface area contributed by atoms with Gasteiger partial charge in [-0.1, -0.05) is 26.2 Å². The Morgan fingerprint density at radius 1 is 1.33 bits per heavy atom. The molecule has 0 aromatic carbocycles. The lowest BCUT2D eigenvalue weighted by molar-refractivity contribution is -0.140. The predicted molar refractivity (Wildman–Crippen MR) is 70.7 cm³/mol. The number of piperidine rings is 1. The highest BCUT2D eigenvalue weighted by molar-refractivity contribution is 5.81. The summed E-state index contributed by atoms with van der Waals surface area (Å²) >= 11 is 0. The zero-order valence-corrected chi connectivity index (χ0v) is 11.4. The maximum atomic E-state index is 12.5. The molecular weight excluding hydrogens is 224 g/mol. The van der Waals surface area contributed by atoms with Crippen molar-refractivity contribution >= 4 is 5.91 Å². The summed E-state index contributed by atoms with van der Waals surface area (Å²) < 4.78 is 0. The van der Waals surface area contributed by atoms with E-state index in [4.69, 9.17) is 5.26 Å². The third-order valence-electron chi connectivity index (χ3n) is 4.56. The molecule has 2 aliphatic rings. The Hall–Kier alpha value is -1.04. The van der Waals surface area contributed by atoms with Crippen molar-refractivity contribution in [1.29, 1.82) is 5.26 Å². The van der Waals surface area contributed by atoms with Crippen molar-refractivity contribution in [2.75, 3.05) is 6.54 Å². The zero-order chi connectivity index (χ0) is 13.0. The number of likely N-dealkylation sites (tertiary alicyclic amines) is 1. The molecule has 3 heteroatoms. The number of hydrogen-bond donors (Lipinski definition) is 0. The molecule has 1 amide bonds. The minimum atomic E-state index is -0.407. The Kier molecular flexibility index (Phi) is 4.63. The molecule has 2 rings (SSSR count). The van der Waals surface area contributed by atoms with Crippen molar-refractivity contribution in [3.8, 4) is 6.07 Å². The molecule has 3 nitrogen and oxygen atoms in total. The maximum Gasteiger partial charge on any atom is 0.240 e. The van der Waals surface area contributed by atoms with Crippen molar-refractivity contribution in [3.63, 3.8) is 0 Å². The van der Waals surface area contributed by atoms with Gasteiger partial charge in [0.25, 0.3) is 0 Å². The molecule has 2 fully saturated rings. The highest BCUT2D eigenvalue weighted by Crippen LogP contribution is 2.36. The van der Waals surface area contributed by atoms with Crippen LogP contribution in [0.1, 0.15) is 58.3 Å². The van der Waals surface area contributed by atoms with E-state index in [1.165, 1.54) is 25.7 Å². The second-order valence-corrected chi connectivity index (χ2v) is 5.76. The number of nitrogens with zero attached hydrogens (tertiary/aromatic N) is 2. The van der Waals surface area contributed by atoms with E-state index in [9.17, 15) is 4.79 Å². The largest absolute Gasteiger partial charge is 0.338 e. The quantitative estimate of drug-likeness (QED) is 0.770. The normalized spacial score (nSPS) is 29.2. The molecule has 1 saturated carbocycles. The molecule has 1 saturated heterocycles. The van der Waals surface area contributed by atoms with Gasteiger partial charge in [0, 0.05) is 12.6 Å². The Balaban J connectivity index is 2.06. The lowest BCUT2D eigenvalue weighted by Gasteiger charge is -2.44. The smallest absolute Gasteiger partial charge is 0.240 e. The number of fused-ring (bicyclic) bond motifs is 1. The maximum absolute atomic E-state index is 12.5. The molecule has 3 atom stereocenters. The molecule has 1 unspecified atom stereocenters. The average molecular weight is 248 g/mol. The van der Waals surface area contributed by atoms with Gasteiger partial charge in [0.15, 0.2) is 0 Å². The third-order valence-corrected chi connectivity index (χ3v) is 4.56. The van der Waals surface area contributed by atoms with E-state index in [1.54, 1.807) is 0 Å². The van der Waals surface area contributed by atoms with Gasteiger partial charge in [-0.25, -0.2) is 0 Å². The molecule has 0 spiro atoms. The van der Waals surface area contributed by atoms with E-state index in [1.807, 2.05) is 6.92 Å². The lowest BCUT2D eigenvalue weighted by atomic mass is 9.78. The van der Waals surface area contributed by atoms with Crippen LogP contribution in [0.4, 0.5) is 0 Å². The van der Waals surface area contributed by atoms with Gasteiger partial charge in [-0.15, -0.1) is 0 Å². The fourth-order valence-corrected chi connectivity index (χ4v) is 3.63. The SMILES string of the molecule is CCCC(C#N)C(=O)N1CCC[C@H]2CCCC[C@H]21. The highest BCUT2D eigenvalue weighted by atomic mass is 16.2. The van der Waals surface area contributed by atoms with Gasteiger partial charge in [0.2, 0.25) is 5.91 Å². The number of carbonyl (C=O) groups is 1. The summed E-state index contributed by atoms with van der Waals surface area (Å²) in [7, 11) is 0. The van der Waals surface area contributed by atoms with Crippen molar-refractivity contribution in [2.24, 2.45) is 11.8 Å². The lowest BCUT2D eigenvalue weighted by Crippen LogP contribution is -2.51. The summed E-state index contributed by atoms with van der Waals surface area (Å²) in [6, 6.07) is 2.64. The number of rotatable bonds is 3. The molecule has 18 heavy (non-hydrogen) atoms. The average Bonchev–Trinajstić information content (AvgIpc) is 2.43. The summed E-state index contributed by atoms with van der Waals surface area (Å²) in [5.41, 5.74) is 0. The first-order chi connectivity index (χ1) is 8.77. The van der Waals surface area contributed by atoms with Gasteiger partial charge in [0.05, 0.1) is 6.07 Å². The van der Waals surface area contributed by atoms with E-state index in [-0.39, 0.29) is 5.91 Å². The van der Waals surface area contributed by atoms with Gasteiger partial charge < -0.3 is 4.90 Å². The zero-order valence-electron chi connectivity index (χ0n) is 11.4. The monoisotopic (exact) mass is 248 g/mol. The molecular formula is C15H24N2O. The van der Waals surface area contributed by atoms with E-state index in [2.05, 4.69) is 11.0 Å². The Labute approximate surface area is 110 Å². The molecule has 100 valence electrons. The van der Waals surface area contributed by atoms with E-state index in [0.717, 1.165) is 25.8 Å². The van der Waals surface area contributed by atoms with Crippen molar-refractivity contribution in [1.82, 2.24) is 4.90 Å². The third kappa shape index (κ3) is 2.68. The van der Waals surface area contributed by atoms with Gasteiger partial charge >= 0.3 is 0 Å². The van der Waals surface area contributed by atoms with Crippen LogP contribution in [0.5, 0.6) is 0 Å². The van der Waals surface area contributed by atoms with Crippen LogP contribution in [0.15, 0.2) is 0 Å². The fraction of sp³-hybridized carbons (Fsp3) is 0.867. The van der Waals surface area contributed by atoms with E-state index >= 15 is 0 Å². The molecule has 0 bridgehead atoms. The van der Waals surface area contributed by atoms with Gasteiger partial charge in [-0.2, -0.15) is 5.26 Å². The van der Waals surface area contributed by atoms with E-state index < -0.39 is 5.92 Å². The van der Waals surface area contributed by atoms with Crippen molar-refractivity contribution in [3.05, 3.63) is 0 Å². The van der Waals surface area contributed by atoms with Gasteiger partial charge in [-0.3, -0.25) is 4.79 Å². The fourth-order valence-electron chi connectivity index (χ4n) is 3.63. The molecule has 1 aliphatic heterocycles. The second-order valence-electron chi connectivity index (χ2n) is 5.76. The summed E-state index contributed by atoms with van der Waals surface area (Å²) in [5.74, 6) is 0.407. The van der Waals surface area contributed by atoms with E-state index in [0.29, 0.717) is 18.4 Å². The second kappa shape index (κ2) is 6.22. The number of amides is 1. The summed E-state index contributed by atoms with van der Waals surface area (Å²) in [5, 5.41) is 9.16. The summed E-state index contributed by atoms with van der Waals surface area (Å²) in [6.07, 6.45) is 9.02. The minimum Gasteiger partial charge on any atom is -0.338 e. The number of carbonyl (C=O) groups excluding carboxylic acids is 1. The molecule has 1 heterocycles. The van der Waals surface area contributed by atoms with Crippen molar-refractivity contribution in [2.45, 2.75) is 64.3 Å². The standard InChI is InChI=1S/C15H24N2O/c1-2-6-13(11-16)15(18)17-10-5-8-12-7-3-4-9-14(12)17/h12-14H,2-10H2,1H3/t12-,13?,14-/m1/s1. The topological polar surface area (TPSA) is 44.1 Å². The highest BCUT2D eigenvalue weighted by Gasteiger charge is 2.37. The number of nitriles is 1. The van der Waals surface area contributed by atoms with Crippen LogP contribution in [-0.2, 0) is 4.79 Å². The predicted octanol–water partition coefficient (Wildman–Crippen LogP) is 3.11. The van der Waals surface area contributed by atoms with Crippen LogP contribution >= 0.6 is 0 Å². The molecule has 0 aromatic rings. The van der Waals surface area contributed by atoms with Crippen LogP contribution in [-0.4, -0.2) is 23.4 Å². The molecule has 0 N–H and O–H groups in total. The van der Waals surface area contributed by atoms with Crippen LogP contribution in [0.2, 0.25) is 0 Å². The first-order valence-corrected chi connectivity index (χ1v) is 7.48. The Morgan fingerprint density at radius 3 is 2.78 bits per heavy atom. The first kappa shape index (κ1) is 13.4. The van der Waals surface area contributed by atoms with Crippen LogP contribution < -0.4 is 0 Å². The Bertz CT molecular complexity index is 332. The van der Waals surface area contributed by atoms with Crippen molar-refractivity contribution < 1.29 is 4.79 Å². The number of hydrogen-bond acceptors (Lipinski definition) is 2. The summed E-state index contributed by atoms with van der Waals surface area (Å²) in [6.45, 7) is 2.92. The summed E-state index contributed by atoms with van der Waals surface area (Å²) in [4.78, 5) is 14.5. The van der Waals surface area contributed by atoms with Crippen LogP contribution in [0, 0.1) is 23.2 Å². The van der Waals surface area contributed by atoms with Crippen LogP contribution in [0.25, 0.3) is 0 Å².